The Morgan fingerprint density at radius 1 is 1.38 bits per heavy atom. The molecule has 0 radical (unpaired) electrons. The van der Waals surface area contributed by atoms with Crippen LogP contribution in [-0.4, -0.2) is 35.4 Å². The highest BCUT2D eigenvalue weighted by Crippen LogP contribution is 2.49. The molecule has 0 spiro atoms. The molecule has 1 saturated heterocycles. The fourth-order valence-corrected chi connectivity index (χ4v) is 4.44. The zero-order valence-corrected chi connectivity index (χ0v) is 14.0. The number of nitrogens with one attached hydrogen (secondary N) is 2. The molecule has 3 aliphatic rings. The molecule has 0 bridgehead atoms. The molecule has 1 amide bonds. The van der Waals surface area contributed by atoms with Crippen LogP contribution in [0.25, 0.3) is 10.9 Å². The number of nitrogens with zero attached hydrogens (tertiary/aromatic N) is 2. The zero-order valence-electron chi connectivity index (χ0n) is 14.0. The lowest BCUT2D eigenvalue weighted by Gasteiger charge is -2.25. The maximum Gasteiger partial charge on any atom is 0.224 e. The second-order valence-electron chi connectivity index (χ2n) is 7.70. The second-order valence-corrected chi connectivity index (χ2v) is 7.70. The standard InChI is InChI=1S/C18H22N4O2/c1-18(2,20-17(23)14-11-8-19-9-12(11)14)16-10-4-3-5-13-15(10)22(21-16)6-7-24-13/h3-5,11-12,14,19H,6-9H2,1-2H3,(H,20,23)/t11-,12+,14?. The Kier molecular flexibility index (Phi) is 2.81. The molecule has 3 heterocycles. The van der Waals surface area contributed by atoms with Crippen LogP contribution in [0.15, 0.2) is 18.2 Å². The van der Waals surface area contributed by atoms with Crippen molar-refractivity contribution in [1.82, 2.24) is 20.4 Å². The number of carbonyl (C=O) groups excluding carboxylic acids is 1. The van der Waals surface area contributed by atoms with E-state index in [0.717, 1.165) is 42.0 Å². The van der Waals surface area contributed by atoms with E-state index >= 15 is 0 Å². The lowest BCUT2D eigenvalue weighted by Crippen LogP contribution is -2.43. The molecule has 5 rings (SSSR count). The topological polar surface area (TPSA) is 68.2 Å². The third-order valence-corrected chi connectivity index (χ3v) is 5.72. The second kappa shape index (κ2) is 4.72. The Balaban J connectivity index is 1.48. The molecule has 2 fully saturated rings. The van der Waals surface area contributed by atoms with Crippen LogP contribution in [0.4, 0.5) is 0 Å². The van der Waals surface area contributed by atoms with Gasteiger partial charge in [-0.05, 0) is 44.8 Å². The summed E-state index contributed by atoms with van der Waals surface area (Å²) in [6, 6.07) is 6.04. The van der Waals surface area contributed by atoms with Gasteiger partial charge in [-0.15, -0.1) is 0 Å². The number of carbonyl (C=O) groups is 1. The van der Waals surface area contributed by atoms with E-state index in [0.29, 0.717) is 18.4 Å². The van der Waals surface area contributed by atoms with Gasteiger partial charge < -0.3 is 15.4 Å². The van der Waals surface area contributed by atoms with Gasteiger partial charge in [-0.3, -0.25) is 9.48 Å². The van der Waals surface area contributed by atoms with Crippen molar-refractivity contribution in [1.29, 1.82) is 0 Å². The largest absolute Gasteiger partial charge is 0.489 e. The van der Waals surface area contributed by atoms with Crippen LogP contribution in [0.2, 0.25) is 0 Å². The lowest BCUT2D eigenvalue weighted by atomic mass is 9.96. The Morgan fingerprint density at radius 3 is 2.96 bits per heavy atom. The summed E-state index contributed by atoms with van der Waals surface area (Å²) in [5, 5.41) is 12.5. The Hall–Kier alpha value is -2.08. The van der Waals surface area contributed by atoms with Gasteiger partial charge in [0.25, 0.3) is 0 Å². The number of benzene rings is 1. The number of para-hydroxylation sites is 1. The van der Waals surface area contributed by atoms with Crippen LogP contribution >= 0.6 is 0 Å². The van der Waals surface area contributed by atoms with Gasteiger partial charge in [0.2, 0.25) is 5.91 Å². The van der Waals surface area contributed by atoms with Gasteiger partial charge in [0.05, 0.1) is 17.8 Å². The van der Waals surface area contributed by atoms with Crippen LogP contribution < -0.4 is 15.4 Å². The monoisotopic (exact) mass is 326 g/mol. The van der Waals surface area contributed by atoms with E-state index in [1.165, 1.54) is 0 Å². The van der Waals surface area contributed by atoms with E-state index in [-0.39, 0.29) is 11.8 Å². The summed E-state index contributed by atoms with van der Waals surface area (Å²) >= 11 is 0. The summed E-state index contributed by atoms with van der Waals surface area (Å²) in [7, 11) is 0. The van der Waals surface area contributed by atoms with Crippen molar-refractivity contribution >= 4 is 16.8 Å². The summed E-state index contributed by atoms with van der Waals surface area (Å²) < 4.78 is 7.75. The van der Waals surface area contributed by atoms with Gasteiger partial charge in [0.15, 0.2) is 0 Å². The minimum absolute atomic E-state index is 0.168. The van der Waals surface area contributed by atoms with Crippen LogP contribution in [0.3, 0.4) is 0 Å². The molecule has 2 aromatic rings. The summed E-state index contributed by atoms with van der Waals surface area (Å²) in [6.07, 6.45) is 0. The molecular formula is C18H22N4O2. The third-order valence-electron chi connectivity index (χ3n) is 5.72. The molecule has 2 N–H and O–H groups in total. The molecule has 24 heavy (non-hydrogen) atoms. The Labute approximate surface area is 140 Å². The number of aromatic nitrogens is 2. The smallest absolute Gasteiger partial charge is 0.224 e. The molecule has 1 aliphatic carbocycles. The Bertz CT molecular complexity index is 831. The van der Waals surface area contributed by atoms with Gasteiger partial charge in [-0.2, -0.15) is 5.10 Å². The number of amides is 1. The number of hydrogen-bond donors (Lipinski definition) is 2. The number of fused-ring (bicyclic) bond motifs is 1. The Morgan fingerprint density at radius 2 is 2.17 bits per heavy atom. The van der Waals surface area contributed by atoms with Crippen LogP contribution in [0.1, 0.15) is 19.5 Å². The molecule has 3 atom stereocenters. The van der Waals surface area contributed by atoms with E-state index in [2.05, 4.69) is 16.7 Å². The molecule has 2 aliphatic heterocycles. The first-order valence-electron chi connectivity index (χ1n) is 8.72. The first-order chi connectivity index (χ1) is 11.6. The van der Waals surface area contributed by atoms with Crippen molar-refractivity contribution in [3.63, 3.8) is 0 Å². The highest BCUT2D eigenvalue weighted by atomic mass is 16.5. The summed E-state index contributed by atoms with van der Waals surface area (Å²) in [6.45, 7) is 7.41. The molecule has 126 valence electrons. The van der Waals surface area contributed by atoms with E-state index in [9.17, 15) is 4.79 Å². The molecular weight excluding hydrogens is 304 g/mol. The van der Waals surface area contributed by atoms with Gasteiger partial charge in [0, 0.05) is 11.3 Å². The average molecular weight is 326 g/mol. The minimum atomic E-state index is -0.506. The highest BCUT2D eigenvalue weighted by molar-refractivity contribution is 5.90. The summed E-state index contributed by atoms with van der Waals surface area (Å²) in [4.78, 5) is 12.7. The average Bonchev–Trinajstić information content (AvgIpc) is 2.90. The number of ether oxygens (including phenoxy) is 1. The first-order valence-corrected chi connectivity index (χ1v) is 8.72. The van der Waals surface area contributed by atoms with Crippen molar-refractivity contribution < 1.29 is 9.53 Å². The van der Waals surface area contributed by atoms with E-state index in [1.807, 2.05) is 30.7 Å². The van der Waals surface area contributed by atoms with Gasteiger partial charge in [-0.1, -0.05) is 12.1 Å². The van der Waals surface area contributed by atoms with E-state index in [4.69, 9.17) is 9.84 Å². The van der Waals surface area contributed by atoms with Gasteiger partial charge in [0.1, 0.15) is 17.9 Å². The number of piperidine rings is 1. The van der Waals surface area contributed by atoms with Crippen molar-refractivity contribution in [2.75, 3.05) is 19.7 Å². The third kappa shape index (κ3) is 1.92. The maximum absolute atomic E-state index is 12.7. The van der Waals surface area contributed by atoms with Crippen molar-refractivity contribution in [2.24, 2.45) is 17.8 Å². The van der Waals surface area contributed by atoms with E-state index < -0.39 is 5.54 Å². The summed E-state index contributed by atoms with van der Waals surface area (Å²) in [5.74, 6) is 2.27. The molecule has 6 nitrogen and oxygen atoms in total. The van der Waals surface area contributed by atoms with Crippen molar-refractivity contribution in [3.05, 3.63) is 23.9 Å². The quantitative estimate of drug-likeness (QED) is 0.891. The predicted molar refractivity (Wildman–Crippen MR) is 89.7 cm³/mol. The lowest BCUT2D eigenvalue weighted by molar-refractivity contribution is -0.124. The molecule has 1 unspecified atom stereocenters. The number of rotatable bonds is 3. The molecule has 1 aromatic heterocycles. The van der Waals surface area contributed by atoms with Gasteiger partial charge in [-0.25, -0.2) is 0 Å². The molecule has 6 heteroatoms. The first kappa shape index (κ1) is 14.3. The van der Waals surface area contributed by atoms with Crippen LogP contribution in [0.5, 0.6) is 5.75 Å². The van der Waals surface area contributed by atoms with Crippen molar-refractivity contribution in [3.8, 4) is 5.75 Å². The van der Waals surface area contributed by atoms with Crippen LogP contribution in [-0.2, 0) is 16.9 Å². The fraction of sp³-hybridized carbons (Fsp3) is 0.556. The van der Waals surface area contributed by atoms with Crippen molar-refractivity contribution in [2.45, 2.75) is 25.9 Å². The normalized spacial score (nSPS) is 27.7. The SMILES string of the molecule is CC(C)(NC(=O)C1[C@H]2CNC[C@@H]12)c1nn2c3c(cccc13)OCC2. The molecule has 1 aromatic carbocycles. The zero-order chi connectivity index (χ0) is 16.5. The highest BCUT2D eigenvalue weighted by Gasteiger charge is 2.57. The summed E-state index contributed by atoms with van der Waals surface area (Å²) in [5.41, 5.74) is 1.45. The maximum atomic E-state index is 12.7. The fourth-order valence-electron chi connectivity index (χ4n) is 4.44. The number of hydrogen-bond acceptors (Lipinski definition) is 4. The van der Waals surface area contributed by atoms with E-state index in [1.54, 1.807) is 0 Å². The predicted octanol–water partition coefficient (Wildman–Crippen LogP) is 1.25. The minimum Gasteiger partial charge on any atom is -0.489 e. The van der Waals surface area contributed by atoms with Gasteiger partial charge >= 0.3 is 0 Å². The molecule has 1 saturated carbocycles. The van der Waals surface area contributed by atoms with Crippen LogP contribution in [0, 0.1) is 17.8 Å².